The van der Waals surface area contributed by atoms with Gasteiger partial charge in [-0.15, -0.1) is 0 Å². The number of para-hydroxylation sites is 1. The zero-order valence-corrected chi connectivity index (χ0v) is 13.2. The Hall–Kier alpha value is -2.59. The number of hydrogen-bond acceptors (Lipinski definition) is 3. The predicted octanol–water partition coefficient (Wildman–Crippen LogP) is 4.29. The molecule has 0 saturated carbocycles. The van der Waals surface area contributed by atoms with Crippen LogP contribution in [0.4, 0.5) is 5.69 Å². The third kappa shape index (κ3) is 3.60. The zero-order valence-electron chi connectivity index (χ0n) is 12.5. The molecule has 1 aromatic heterocycles. The molecule has 0 aliphatic rings. The van der Waals surface area contributed by atoms with E-state index in [0.717, 1.165) is 10.9 Å². The third-order valence-electron chi connectivity index (χ3n) is 3.39. The number of nitrogens with one attached hydrogen (secondary N) is 1. The van der Waals surface area contributed by atoms with Crippen LogP contribution in [0.1, 0.15) is 6.92 Å². The van der Waals surface area contributed by atoms with E-state index in [1.54, 1.807) is 37.4 Å². The Morgan fingerprint density at radius 2 is 1.87 bits per heavy atom. The van der Waals surface area contributed by atoms with Crippen LogP contribution < -0.4 is 10.1 Å². The molecule has 0 radical (unpaired) electrons. The molecule has 0 aliphatic heterocycles. The maximum Gasteiger partial charge on any atom is 0.265 e. The summed E-state index contributed by atoms with van der Waals surface area (Å²) in [6.45, 7) is 1.70. The van der Waals surface area contributed by atoms with Crippen LogP contribution >= 0.6 is 11.6 Å². The van der Waals surface area contributed by atoms with Crippen molar-refractivity contribution in [3.05, 3.63) is 65.8 Å². The van der Waals surface area contributed by atoms with Gasteiger partial charge in [-0.25, -0.2) is 0 Å². The standard InChI is InChI=1S/C18H15ClN2O2/c1-12(23-15-9-7-14(19)8-10-15)18(22)21-16-6-2-4-13-5-3-11-20-17(13)16/h2-12H,1H3,(H,21,22). The van der Waals surface area contributed by atoms with Crippen molar-refractivity contribution in [2.45, 2.75) is 13.0 Å². The highest BCUT2D eigenvalue weighted by Gasteiger charge is 2.16. The van der Waals surface area contributed by atoms with Crippen molar-refractivity contribution in [2.75, 3.05) is 5.32 Å². The van der Waals surface area contributed by atoms with Gasteiger partial charge in [0.2, 0.25) is 0 Å². The summed E-state index contributed by atoms with van der Waals surface area (Å²) in [5.74, 6) is 0.353. The minimum absolute atomic E-state index is 0.238. The van der Waals surface area contributed by atoms with E-state index in [1.807, 2.05) is 30.3 Å². The van der Waals surface area contributed by atoms with Crippen LogP contribution in [0.5, 0.6) is 5.75 Å². The number of rotatable bonds is 4. The van der Waals surface area contributed by atoms with Gasteiger partial charge in [0.05, 0.1) is 11.2 Å². The van der Waals surface area contributed by atoms with Gasteiger partial charge in [-0.3, -0.25) is 9.78 Å². The Labute approximate surface area is 139 Å². The smallest absolute Gasteiger partial charge is 0.265 e. The average molecular weight is 327 g/mol. The lowest BCUT2D eigenvalue weighted by Crippen LogP contribution is -2.30. The minimum atomic E-state index is -0.643. The fraction of sp³-hybridized carbons (Fsp3) is 0.111. The molecular weight excluding hydrogens is 312 g/mol. The number of hydrogen-bond donors (Lipinski definition) is 1. The Bertz CT molecular complexity index is 829. The van der Waals surface area contributed by atoms with Crippen molar-refractivity contribution in [3.8, 4) is 5.75 Å². The summed E-state index contributed by atoms with van der Waals surface area (Å²) >= 11 is 5.83. The van der Waals surface area contributed by atoms with E-state index in [1.165, 1.54) is 0 Å². The molecule has 0 aliphatic carbocycles. The van der Waals surface area contributed by atoms with Gasteiger partial charge in [0.25, 0.3) is 5.91 Å². The second-order valence-electron chi connectivity index (χ2n) is 5.08. The van der Waals surface area contributed by atoms with Crippen molar-refractivity contribution in [1.82, 2.24) is 4.98 Å². The van der Waals surface area contributed by atoms with Crippen LogP contribution in [-0.2, 0) is 4.79 Å². The molecule has 0 fully saturated rings. The van der Waals surface area contributed by atoms with E-state index < -0.39 is 6.10 Å². The molecular formula is C18H15ClN2O2. The lowest BCUT2D eigenvalue weighted by molar-refractivity contribution is -0.122. The van der Waals surface area contributed by atoms with Gasteiger partial charge in [0, 0.05) is 16.6 Å². The lowest BCUT2D eigenvalue weighted by atomic mass is 10.2. The van der Waals surface area contributed by atoms with Crippen molar-refractivity contribution in [3.63, 3.8) is 0 Å². The Morgan fingerprint density at radius 1 is 1.13 bits per heavy atom. The van der Waals surface area contributed by atoms with E-state index >= 15 is 0 Å². The molecule has 4 nitrogen and oxygen atoms in total. The molecule has 1 unspecified atom stereocenters. The van der Waals surface area contributed by atoms with Crippen molar-refractivity contribution >= 4 is 34.1 Å². The molecule has 2 aromatic carbocycles. The molecule has 1 atom stereocenters. The van der Waals surface area contributed by atoms with Crippen molar-refractivity contribution < 1.29 is 9.53 Å². The summed E-state index contributed by atoms with van der Waals surface area (Å²) in [5.41, 5.74) is 1.42. The van der Waals surface area contributed by atoms with E-state index in [0.29, 0.717) is 16.5 Å². The summed E-state index contributed by atoms with van der Waals surface area (Å²) in [6, 6.07) is 16.4. The van der Waals surface area contributed by atoms with Gasteiger partial charge in [-0.05, 0) is 43.3 Å². The molecule has 116 valence electrons. The number of benzene rings is 2. The largest absolute Gasteiger partial charge is 0.481 e. The summed E-state index contributed by atoms with van der Waals surface area (Å²) < 4.78 is 5.62. The minimum Gasteiger partial charge on any atom is -0.481 e. The van der Waals surface area contributed by atoms with Crippen molar-refractivity contribution in [1.29, 1.82) is 0 Å². The fourth-order valence-corrected chi connectivity index (χ4v) is 2.34. The lowest BCUT2D eigenvalue weighted by Gasteiger charge is -2.15. The number of anilines is 1. The number of carbonyl (C=O) groups excluding carboxylic acids is 1. The van der Waals surface area contributed by atoms with Gasteiger partial charge < -0.3 is 10.1 Å². The number of nitrogens with zero attached hydrogens (tertiary/aromatic N) is 1. The Balaban J connectivity index is 1.74. The van der Waals surface area contributed by atoms with E-state index in [4.69, 9.17) is 16.3 Å². The second kappa shape index (κ2) is 6.67. The first kappa shape index (κ1) is 15.3. The molecule has 0 saturated heterocycles. The van der Waals surface area contributed by atoms with Gasteiger partial charge in [-0.1, -0.05) is 29.8 Å². The molecule has 3 aromatic rings. The maximum atomic E-state index is 12.3. The Kier molecular flexibility index (Phi) is 4.44. The maximum absolute atomic E-state index is 12.3. The molecule has 0 bridgehead atoms. The molecule has 1 N–H and O–H groups in total. The van der Waals surface area contributed by atoms with Crippen LogP contribution in [0.2, 0.25) is 5.02 Å². The number of ether oxygens (including phenoxy) is 1. The highest BCUT2D eigenvalue weighted by molar-refractivity contribution is 6.30. The predicted molar refractivity (Wildman–Crippen MR) is 91.9 cm³/mol. The molecule has 0 spiro atoms. The van der Waals surface area contributed by atoms with Crippen LogP contribution in [-0.4, -0.2) is 17.0 Å². The zero-order chi connectivity index (χ0) is 16.2. The first-order chi connectivity index (χ1) is 11.1. The van der Waals surface area contributed by atoms with Gasteiger partial charge in [0.15, 0.2) is 6.10 Å². The van der Waals surface area contributed by atoms with Crippen LogP contribution in [0.3, 0.4) is 0 Å². The van der Waals surface area contributed by atoms with Gasteiger partial charge in [0.1, 0.15) is 5.75 Å². The number of aromatic nitrogens is 1. The molecule has 23 heavy (non-hydrogen) atoms. The Morgan fingerprint density at radius 3 is 2.65 bits per heavy atom. The molecule has 1 heterocycles. The van der Waals surface area contributed by atoms with Crippen LogP contribution in [0.25, 0.3) is 10.9 Å². The molecule has 5 heteroatoms. The third-order valence-corrected chi connectivity index (χ3v) is 3.64. The van der Waals surface area contributed by atoms with E-state index in [9.17, 15) is 4.79 Å². The summed E-state index contributed by atoms with van der Waals surface area (Å²) in [4.78, 5) is 16.7. The van der Waals surface area contributed by atoms with Gasteiger partial charge in [-0.2, -0.15) is 0 Å². The number of fused-ring (bicyclic) bond motifs is 1. The summed E-state index contributed by atoms with van der Waals surface area (Å²) in [7, 11) is 0. The molecule has 3 rings (SSSR count). The topological polar surface area (TPSA) is 51.2 Å². The summed E-state index contributed by atoms with van der Waals surface area (Å²) in [6.07, 6.45) is 1.06. The summed E-state index contributed by atoms with van der Waals surface area (Å²) in [5, 5.41) is 4.45. The highest BCUT2D eigenvalue weighted by Crippen LogP contribution is 2.21. The number of amides is 1. The highest BCUT2D eigenvalue weighted by atomic mass is 35.5. The quantitative estimate of drug-likeness (QED) is 0.778. The van der Waals surface area contributed by atoms with Crippen LogP contribution in [0, 0.1) is 0 Å². The normalized spacial score (nSPS) is 11.9. The van der Waals surface area contributed by atoms with E-state index in [-0.39, 0.29) is 5.91 Å². The monoisotopic (exact) mass is 326 g/mol. The fourth-order valence-electron chi connectivity index (χ4n) is 2.21. The second-order valence-corrected chi connectivity index (χ2v) is 5.52. The van der Waals surface area contributed by atoms with Crippen LogP contribution in [0.15, 0.2) is 60.8 Å². The van der Waals surface area contributed by atoms with Gasteiger partial charge >= 0.3 is 0 Å². The van der Waals surface area contributed by atoms with E-state index in [2.05, 4.69) is 10.3 Å². The first-order valence-corrected chi connectivity index (χ1v) is 7.58. The first-order valence-electron chi connectivity index (χ1n) is 7.20. The SMILES string of the molecule is CC(Oc1ccc(Cl)cc1)C(=O)Nc1cccc2cccnc12. The van der Waals surface area contributed by atoms with Crippen molar-refractivity contribution in [2.24, 2.45) is 0 Å². The average Bonchev–Trinajstić information content (AvgIpc) is 2.57. The number of pyridine rings is 1. The number of carbonyl (C=O) groups is 1. The molecule has 1 amide bonds. The number of halogens is 1.